The summed E-state index contributed by atoms with van der Waals surface area (Å²) in [6, 6.07) is 9.55. The summed E-state index contributed by atoms with van der Waals surface area (Å²) in [6.07, 6.45) is 0. The van der Waals surface area contributed by atoms with Gasteiger partial charge in [0.25, 0.3) is 0 Å². The fourth-order valence-electron chi connectivity index (χ4n) is 1.35. The lowest BCUT2D eigenvalue weighted by Crippen LogP contribution is -1.72. The van der Waals surface area contributed by atoms with E-state index in [4.69, 9.17) is 31.6 Å². The van der Waals surface area contributed by atoms with Gasteiger partial charge in [0.05, 0.1) is 0 Å². The third-order valence-electron chi connectivity index (χ3n) is 2.11. The topological polar surface area (TPSA) is 143 Å². The molecule has 0 unspecified atom stereocenters. The summed E-state index contributed by atoms with van der Waals surface area (Å²) in [5, 5.41) is 52.3. The van der Waals surface area contributed by atoms with Crippen LogP contribution in [0.2, 0.25) is 0 Å². The van der Waals surface area contributed by atoms with Crippen molar-refractivity contribution in [3.8, 4) is 36.4 Å². The number of allylic oxidation sites excluding steroid dienone is 6. The Balaban J connectivity index is 3.79. The highest BCUT2D eigenvalue weighted by Gasteiger charge is 2.40. The minimum atomic E-state index is -0.328. The zero-order chi connectivity index (χ0) is 13.7. The van der Waals surface area contributed by atoms with Crippen molar-refractivity contribution in [2.75, 3.05) is 0 Å². The van der Waals surface area contributed by atoms with Crippen molar-refractivity contribution in [1.29, 1.82) is 31.6 Å². The summed E-state index contributed by atoms with van der Waals surface area (Å²) in [6.45, 7) is 0. The molecule has 0 spiro atoms. The molecule has 0 bridgehead atoms. The molecule has 0 radical (unpaired) electrons. The van der Waals surface area contributed by atoms with Gasteiger partial charge in [0.2, 0.25) is 0 Å². The van der Waals surface area contributed by atoms with Gasteiger partial charge in [-0.1, -0.05) is 0 Å². The Morgan fingerprint density at radius 1 is 0.444 bits per heavy atom. The van der Waals surface area contributed by atoms with Gasteiger partial charge >= 0.3 is 0 Å². The zero-order valence-electron chi connectivity index (χ0n) is 8.68. The minimum absolute atomic E-state index is 0.0381. The van der Waals surface area contributed by atoms with Crippen LogP contribution in [0.3, 0.4) is 0 Å². The molecule has 0 heterocycles. The van der Waals surface area contributed by atoms with Gasteiger partial charge in [0.15, 0.2) is 0 Å². The van der Waals surface area contributed by atoms with Crippen molar-refractivity contribution < 1.29 is 0 Å². The van der Waals surface area contributed by atoms with E-state index in [0.717, 1.165) is 0 Å². The lowest BCUT2D eigenvalue weighted by Gasteiger charge is -1.74. The smallest absolute Gasteiger partial charge is 0.138 e. The van der Waals surface area contributed by atoms with Gasteiger partial charge in [-0.3, -0.25) is 0 Å². The van der Waals surface area contributed by atoms with Crippen LogP contribution in [-0.2, 0) is 0 Å². The fourth-order valence-corrected chi connectivity index (χ4v) is 1.35. The highest BCUT2D eigenvalue weighted by atomic mass is 14.4. The first-order chi connectivity index (χ1) is 8.69. The van der Waals surface area contributed by atoms with Crippen molar-refractivity contribution in [2.24, 2.45) is 0 Å². The summed E-state index contributed by atoms with van der Waals surface area (Å²) in [5.74, 6) is 0. The predicted octanol–water partition coefficient (Wildman–Crippen LogP) is 1.03. The molecule has 0 aromatic carbocycles. The van der Waals surface area contributed by atoms with Crippen molar-refractivity contribution >= 4 is 0 Å². The molecule has 1 rings (SSSR count). The summed E-state index contributed by atoms with van der Waals surface area (Å²) in [5.41, 5.74) is -0.869. The van der Waals surface area contributed by atoms with Gasteiger partial charge < -0.3 is 0 Å². The lowest BCUT2D eigenvalue weighted by atomic mass is 10.2. The Morgan fingerprint density at radius 2 is 0.611 bits per heavy atom. The van der Waals surface area contributed by atoms with E-state index >= 15 is 0 Å². The molecule has 0 aromatic rings. The molecule has 0 amide bonds. The van der Waals surface area contributed by atoms with Gasteiger partial charge in [0, 0.05) is 16.7 Å². The molecule has 1 fully saturated rings. The standard InChI is InChI=1S/C12N6/c13-1-7(2-14)10-11(8(3-15)4-16)12(10)9(5-17)6-18. The number of nitriles is 6. The zero-order valence-corrected chi connectivity index (χ0v) is 8.68. The van der Waals surface area contributed by atoms with Crippen LogP contribution in [0.4, 0.5) is 0 Å². The van der Waals surface area contributed by atoms with Crippen LogP contribution < -0.4 is 0 Å². The maximum absolute atomic E-state index is 8.72. The average Bonchev–Trinajstić information content (AvgIpc) is 3.10. The highest BCUT2D eigenvalue weighted by molar-refractivity contribution is 5.89. The summed E-state index contributed by atoms with van der Waals surface area (Å²) < 4.78 is 0. The van der Waals surface area contributed by atoms with E-state index in [1.807, 2.05) is 0 Å². The first-order valence-electron chi connectivity index (χ1n) is 4.34. The molecule has 0 atom stereocenters. The van der Waals surface area contributed by atoms with E-state index < -0.39 is 0 Å². The quantitative estimate of drug-likeness (QED) is 0.566. The number of nitrogens with zero attached hydrogens (tertiary/aromatic N) is 6. The third-order valence-corrected chi connectivity index (χ3v) is 2.11. The van der Waals surface area contributed by atoms with Gasteiger partial charge in [-0.25, -0.2) is 0 Å². The molecule has 0 aliphatic heterocycles. The first kappa shape index (κ1) is 12.2. The Labute approximate surface area is 102 Å². The average molecular weight is 228 g/mol. The predicted molar refractivity (Wildman–Crippen MR) is 54.8 cm³/mol. The molecule has 6 nitrogen and oxygen atoms in total. The molecule has 78 valence electrons. The Morgan fingerprint density at radius 3 is 0.722 bits per heavy atom. The van der Waals surface area contributed by atoms with Gasteiger partial charge in [-0.2, -0.15) is 31.6 Å². The van der Waals surface area contributed by atoms with Gasteiger partial charge in [0.1, 0.15) is 53.1 Å². The van der Waals surface area contributed by atoms with Crippen molar-refractivity contribution in [2.45, 2.75) is 0 Å². The minimum Gasteiger partial charge on any atom is -0.192 e. The summed E-state index contributed by atoms with van der Waals surface area (Å²) >= 11 is 0. The van der Waals surface area contributed by atoms with Gasteiger partial charge in [-0.15, -0.1) is 0 Å². The molecular formula is C12N6. The maximum atomic E-state index is 8.72. The molecule has 0 aromatic heterocycles. The Bertz CT molecular complexity index is 609. The van der Waals surface area contributed by atoms with E-state index in [-0.39, 0.29) is 33.4 Å². The summed E-state index contributed by atoms with van der Waals surface area (Å²) in [4.78, 5) is 0. The van der Waals surface area contributed by atoms with Crippen LogP contribution in [0.25, 0.3) is 0 Å². The maximum Gasteiger partial charge on any atom is 0.138 e. The first-order valence-corrected chi connectivity index (χ1v) is 4.34. The van der Waals surface area contributed by atoms with E-state index in [0.29, 0.717) is 0 Å². The number of hydrogen-bond donors (Lipinski definition) is 0. The van der Waals surface area contributed by atoms with Crippen LogP contribution >= 0.6 is 0 Å². The van der Waals surface area contributed by atoms with Crippen LogP contribution in [0.5, 0.6) is 0 Å². The van der Waals surface area contributed by atoms with Gasteiger partial charge in [-0.05, 0) is 0 Å². The van der Waals surface area contributed by atoms with E-state index in [9.17, 15) is 0 Å². The van der Waals surface area contributed by atoms with Crippen molar-refractivity contribution in [3.05, 3.63) is 33.4 Å². The Kier molecular flexibility index (Phi) is 3.25. The molecule has 1 saturated carbocycles. The molecule has 6 heteroatoms. The van der Waals surface area contributed by atoms with Crippen LogP contribution in [0.1, 0.15) is 0 Å². The molecule has 18 heavy (non-hydrogen) atoms. The highest BCUT2D eigenvalue weighted by Crippen LogP contribution is 2.50. The molecule has 0 saturated heterocycles. The Hall–Kier alpha value is -3.84. The monoisotopic (exact) mass is 228 g/mol. The second-order valence-corrected chi connectivity index (χ2v) is 2.92. The van der Waals surface area contributed by atoms with Crippen molar-refractivity contribution in [1.82, 2.24) is 0 Å². The summed E-state index contributed by atoms with van der Waals surface area (Å²) in [7, 11) is 0. The van der Waals surface area contributed by atoms with Crippen LogP contribution in [-0.4, -0.2) is 0 Å². The van der Waals surface area contributed by atoms with E-state index in [1.165, 1.54) is 0 Å². The second-order valence-electron chi connectivity index (χ2n) is 2.92. The second kappa shape index (κ2) is 4.79. The number of hydrogen-bond acceptors (Lipinski definition) is 6. The molecule has 0 N–H and O–H groups in total. The molecular weight excluding hydrogens is 228 g/mol. The number of rotatable bonds is 0. The molecule has 1 aliphatic rings. The van der Waals surface area contributed by atoms with Crippen molar-refractivity contribution in [3.63, 3.8) is 0 Å². The fraction of sp³-hybridized carbons (Fsp3) is 0. The van der Waals surface area contributed by atoms with Crippen LogP contribution in [0, 0.1) is 68.0 Å². The van der Waals surface area contributed by atoms with Crippen LogP contribution in [0.15, 0.2) is 33.4 Å². The third kappa shape index (κ3) is 1.66. The largest absolute Gasteiger partial charge is 0.192 e. The normalized spacial score (nSPS) is 10.7. The van der Waals surface area contributed by atoms with E-state index in [1.54, 1.807) is 36.4 Å². The molecule has 1 aliphatic carbocycles. The SMILES string of the molecule is N#CC(C#N)=C1C(=C(C#N)C#N)C1=C(C#N)C#N. The lowest BCUT2D eigenvalue weighted by molar-refractivity contribution is 1.45. The van der Waals surface area contributed by atoms with E-state index in [2.05, 4.69) is 0 Å².